The summed E-state index contributed by atoms with van der Waals surface area (Å²) in [5.41, 5.74) is 0. The van der Waals surface area contributed by atoms with Crippen LogP contribution in [0.1, 0.15) is 45.4 Å². The van der Waals surface area contributed by atoms with E-state index in [4.69, 9.17) is 10.2 Å². The minimum absolute atomic E-state index is 0.112. The summed E-state index contributed by atoms with van der Waals surface area (Å²) in [4.78, 5) is 21.1. The lowest BCUT2D eigenvalue weighted by atomic mass is 10.00. The Balaban J connectivity index is 3.93. The van der Waals surface area contributed by atoms with Crippen LogP contribution in [0, 0.1) is 5.92 Å². The Morgan fingerprint density at radius 1 is 1.19 bits per heavy atom. The van der Waals surface area contributed by atoms with Crippen molar-refractivity contribution < 1.29 is 19.8 Å². The van der Waals surface area contributed by atoms with Gasteiger partial charge in [-0.1, -0.05) is 44.8 Å². The Bertz CT molecular complexity index is 245. The fraction of sp³-hybridized carbons (Fsp3) is 0.667. The van der Waals surface area contributed by atoms with Gasteiger partial charge in [0.15, 0.2) is 0 Å². The van der Waals surface area contributed by atoms with E-state index in [1.807, 2.05) is 0 Å². The molecule has 0 aromatic heterocycles. The van der Waals surface area contributed by atoms with Gasteiger partial charge in [-0.05, 0) is 6.42 Å². The van der Waals surface area contributed by atoms with Crippen LogP contribution in [0.15, 0.2) is 12.2 Å². The zero-order chi connectivity index (χ0) is 12.4. The first kappa shape index (κ1) is 14.7. The maximum absolute atomic E-state index is 10.8. The summed E-state index contributed by atoms with van der Waals surface area (Å²) < 4.78 is 0. The molecule has 0 bridgehead atoms. The van der Waals surface area contributed by atoms with Crippen molar-refractivity contribution >= 4 is 11.9 Å². The van der Waals surface area contributed by atoms with Crippen LogP contribution >= 0.6 is 0 Å². The molecule has 0 aromatic carbocycles. The molecule has 92 valence electrons. The Morgan fingerprint density at radius 3 is 2.38 bits per heavy atom. The Morgan fingerprint density at radius 2 is 1.88 bits per heavy atom. The molecule has 0 aliphatic carbocycles. The Labute approximate surface area is 96.0 Å². The highest BCUT2D eigenvalue weighted by Crippen LogP contribution is 2.13. The van der Waals surface area contributed by atoms with E-state index in [0.29, 0.717) is 6.42 Å². The molecule has 0 amide bonds. The Hall–Kier alpha value is -1.32. The lowest BCUT2D eigenvalue weighted by molar-refractivity contribution is -0.140. The van der Waals surface area contributed by atoms with E-state index in [1.165, 1.54) is 12.2 Å². The maximum Gasteiger partial charge on any atom is 0.310 e. The van der Waals surface area contributed by atoms with E-state index in [1.54, 1.807) is 0 Å². The lowest BCUT2D eigenvalue weighted by Gasteiger charge is -2.06. The summed E-state index contributed by atoms with van der Waals surface area (Å²) >= 11 is 0. The predicted molar refractivity (Wildman–Crippen MR) is 61.3 cm³/mol. The number of carboxylic acid groups (broad SMARTS) is 2. The smallest absolute Gasteiger partial charge is 0.310 e. The fourth-order valence-corrected chi connectivity index (χ4v) is 1.43. The third-order valence-electron chi connectivity index (χ3n) is 2.35. The van der Waals surface area contributed by atoms with Crippen LogP contribution in [-0.2, 0) is 9.59 Å². The van der Waals surface area contributed by atoms with Crippen molar-refractivity contribution in [3.63, 3.8) is 0 Å². The maximum atomic E-state index is 10.8. The molecule has 4 heteroatoms. The van der Waals surface area contributed by atoms with Gasteiger partial charge in [-0.2, -0.15) is 0 Å². The molecule has 0 spiro atoms. The fourth-order valence-electron chi connectivity index (χ4n) is 1.43. The van der Waals surface area contributed by atoms with Crippen LogP contribution in [0.5, 0.6) is 0 Å². The minimum Gasteiger partial charge on any atom is -0.481 e. The summed E-state index contributed by atoms with van der Waals surface area (Å²) in [6, 6.07) is 0. The summed E-state index contributed by atoms with van der Waals surface area (Å²) in [5, 5.41) is 17.3. The van der Waals surface area contributed by atoms with Crippen molar-refractivity contribution in [2.45, 2.75) is 45.4 Å². The zero-order valence-corrected chi connectivity index (χ0v) is 9.69. The number of aliphatic carboxylic acids is 2. The second kappa shape index (κ2) is 8.95. The molecule has 2 N–H and O–H groups in total. The number of hydrogen-bond acceptors (Lipinski definition) is 2. The molecule has 0 aliphatic rings. The largest absolute Gasteiger partial charge is 0.481 e. The summed E-state index contributed by atoms with van der Waals surface area (Å²) in [7, 11) is 0. The second-order valence-electron chi connectivity index (χ2n) is 3.82. The third-order valence-corrected chi connectivity index (χ3v) is 2.35. The summed E-state index contributed by atoms with van der Waals surface area (Å²) in [6.07, 6.45) is 7.53. The van der Waals surface area contributed by atoms with Crippen molar-refractivity contribution in [3.8, 4) is 0 Å². The van der Waals surface area contributed by atoms with Gasteiger partial charge in [0.1, 0.15) is 0 Å². The molecular formula is C12H20O4. The molecule has 0 rings (SSSR count). The van der Waals surface area contributed by atoms with Gasteiger partial charge in [0.25, 0.3) is 0 Å². The van der Waals surface area contributed by atoms with Gasteiger partial charge in [-0.3, -0.25) is 9.59 Å². The summed E-state index contributed by atoms with van der Waals surface area (Å²) in [5.74, 6) is -2.36. The van der Waals surface area contributed by atoms with Crippen LogP contribution in [0.2, 0.25) is 0 Å². The van der Waals surface area contributed by atoms with Gasteiger partial charge in [0, 0.05) is 0 Å². The quantitative estimate of drug-likeness (QED) is 0.470. The van der Waals surface area contributed by atoms with Crippen LogP contribution in [-0.4, -0.2) is 22.2 Å². The van der Waals surface area contributed by atoms with Gasteiger partial charge >= 0.3 is 11.9 Å². The number of unbranched alkanes of at least 4 members (excludes halogenated alkanes) is 3. The minimum atomic E-state index is -0.939. The molecule has 0 fully saturated rings. The van der Waals surface area contributed by atoms with E-state index in [-0.39, 0.29) is 6.42 Å². The molecular weight excluding hydrogens is 208 g/mol. The SMILES string of the molecule is CCCCCCC(C=CCC(=O)O)C(=O)O. The van der Waals surface area contributed by atoms with Crippen molar-refractivity contribution in [3.05, 3.63) is 12.2 Å². The summed E-state index contributed by atoms with van der Waals surface area (Å²) in [6.45, 7) is 2.10. The molecule has 4 nitrogen and oxygen atoms in total. The van der Waals surface area contributed by atoms with Crippen LogP contribution in [0.25, 0.3) is 0 Å². The van der Waals surface area contributed by atoms with Crippen molar-refractivity contribution in [2.75, 3.05) is 0 Å². The van der Waals surface area contributed by atoms with Crippen LogP contribution < -0.4 is 0 Å². The third kappa shape index (κ3) is 8.03. The normalized spacial score (nSPS) is 12.8. The second-order valence-corrected chi connectivity index (χ2v) is 3.82. The molecule has 0 aromatic rings. The van der Waals surface area contributed by atoms with Crippen LogP contribution in [0.3, 0.4) is 0 Å². The monoisotopic (exact) mass is 228 g/mol. The predicted octanol–water partition coefficient (Wildman–Crippen LogP) is 2.69. The molecule has 0 saturated heterocycles. The first-order chi connectivity index (χ1) is 7.57. The Kier molecular flexibility index (Phi) is 8.21. The molecule has 0 saturated carbocycles. The van der Waals surface area contributed by atoms with E-state index >= 15 is 0 Å². The molecule has 16 heavy (non-hydrogen) atoms. The van der Waals surface area contributed by atoms with Crippen molar-refractivity contribution in [1.82, 2.24) is 0 Å². The van der Waals surface area contributed by atoms with Gasteiger partial charge in [-0.15, -0.1) is 0 Å². The van der Waals surface area contributed by atoms with E-state index in [0.717, 1.165) is 25.7 Å². The molecule has 1 unspecified atom stereocenters. The highest BCUT2D eigenvalue weighted by atomic mass is 16.4. The highest BCUT2D eigenvalue weighted by molar-refractivity contribution is 5.73. The number of carboxylic acids is 2. The average Bonchev–Trinajstić information content (AvgIpc) is 2.20. The van der Waals surface area contributed by atoms with Gasteiger partial charge in [0.2, 0.25) is 0 Å². The number of rotatable bonds is 9. The van der Waals surface area contributed by atoms with E-state index < -0.39 is 17.9 Å². The van der Waals surface area contributed by atoms with Crippen LogP contribution in [0.4, 0.5) is 0 Å². The van der Waals surface area contributed by atoms with E-state index in [2.05, 4.69) is 6.92 Å². The number of carbonyl (C=O) groups is 2. The van der Waals surface area contributed by atoms with Crippen molar-refractivity contribution in [1.29, 1.82) is 0 Å². The topological polar surface area (TPSA) is 74.6 Å². The highest BCUT2D eigenvalue weighted by Gasteiger charge is 2.12. The first-order valence-electron chi connectivity index (χ1n) is 5.69. The van der Waals surface area contributed by atoms with Crippen molar-refractivity contribution in [2.24, 2.45) is 5.92 Å². The van der Waals surface area contributed by atoms with Gasteiger partial charge in [0.05, 0.1) is 12.3 Å². The zero-order valence-electron chi connectivity index (χ0n) is 9.69. The molecule has 1 atom stereocenters. The molecule has 0 radical (unpaired) electrons. The standard InChI is InChI=1S/C12H20O4/c1-2-3-4-5-7-10(12(15)16)8-6-9-11(13)14/h6,8,10H,2-5,7,9H2,1H3,(H,13,14)(H,15,16). The molecule has 0 aliphatic heterocycles. The first-order valence-corrected chi connectivity index (χ1v) is 5.69. The lowest BCUT2D eigenvalue weighted by Crippen LogP contribution is -2.11. The average molecular weight is 228 g/mol. The van der Waals surface area contributed by atoms with Gasteiger partial charge < -0.3 is 10.2 Å². The molecule has 0 heterocycles. The van der Waals surface area contributed by atoms with Gasteiger partial charge in [-0.25, -0.2) is 0 Å². The number of hydrogen-bond donors (Lipinski definition) is 2. The van der Waals surface area contributed by atoms with E-state index in [9.17, 15) is 9.59 Å².